The predicted molar refractivity (Wildman–Crippen MR) is 182 cm³/mol. The zero-order valence-electron chi connectivity index (χ0n) is 26.4. The number of benzene rings is 5. The van der Waals surface area contributed by atoms with Crippen molar-refractivity contribution in [2.45, 2.75) is 25.7 Å². The molecule has 6 aromatic rings. The Morgan fingerprint density at radius 1 is 0.543 bits per heavy atom. The molecule has 0 radical (unpaired) electrons. The minimum absolute atomic E-state index is 0.333. The van der Waals surface area contributed by atoms with E-state index in [0.29, 0.717) is 13.2 Å². The van der Waals surface area contributed by atoms with Gasteiger partial charge in [0.05, 0.1) is 26.5 Å². The molecule has 0 saturated heterocycles. The van der Waals surface area contributed by atoms with E-state index in [-0.39, 0.29) is 0 Å². The molecule has 0 saturated carbocycles. The first kappa shape index (κ1) is 30.6. The average molecular weight is 608 g/mol. The van der Waals surface area contributed by atoms with E-state index in [0.717, 1.165) is 56.3 Å². The third kappa shape index (κ3) is 6.80. The smallest absolute Gasteiger partial charge is 0.144 e. The van der Waals surface area contributed by atoms with Crippen LogP contribution in [0.5, 0.6) is 17.2 Å². The molecule has 5 nitrogen and oxygen atoms in total. The lowest BCUT2D eigenvalue weighted by Gasteiger charge is -2.36. The van der Waals surface area contributed by atoms with Crippen molar-refractivity contribution in [1.82, 2.24) is 4.98 Å². The minimum Gasteiger partial charge on any atom is -0.497 e. The van der Waals surface area contributed by atoms with E-state index in [1.807, 2.05) is 79.0 Å². The normalized spacial score (nSPS) is 11.2. The van der Waals surface area contributed by atoms with Crippen LogP contribution in [0.15, 0.2) is 146 Å². The van der Waals surface area contributed by atoms with Gasteiger partial charge in [0.25, 0.3) is 0 Å². The van der Waals surface area contributed by atoms with E-state index in [4.69, 9.17) is 23.9 Å². The largest absolute Gasteiger partial charge is 0.497 e. The van der Waals surface area contributed by atoms with Crippen LogP contribution in [0.3, 0.4) is 0 Å². The van der Waals surface area contributed by atoms with E-state index in [9.17, 15) is 0 Å². The monoisotopic (exact) mass is 607 g/mol. The van der Waals surface area contributed by atoms with Crippen LogP contribution in [0, 0.1) is 6.92 Å². The van der Waals surface area contributed by atoms with E-state index in [1.165, 1.54) is 5.56 Å². The van der Waals surface area contributed by atoms with Crippen molar-refractivity contribution in [2.75, 3.05) is 14.2 Å². The highest BCUT2D eigenvalue weighted by molar-refractivity contribution is 5.61. The standard InChI is InChI=1S/C41H37NO4/c1-30-9-7-10-31(25-30)28-45-39-14-8-11-33(26-39)40-24-15-32(27-42-40)29-46-41(34-12-5-4-6-13-34,35-16-20-37(43-2)21-17-35)36-18-22-38(44-3)23-19-36/h4-27H,28-29H2,1-3H3. The van der Waals surface area contributed by atoms with Gasteiger partial charge in [-0.05, 0) is 77.2 Å². The Hall–Kier alpha value is -5.39. The van der Waals surface area contributed by atoms with E-state index >= 15 is 0 Å². The van der Waals surface area contributed by atoms with Gasteiger partial charge in [-0.25, -0.2) is 0 Å². The highest BCUT2D eigenvalue weighted by Crippen LogP contribution is 2.42. The average Bonchev–Trinajstić information content (AvgIpc) is 3.12. The molecule has 0 atom stereocenters. The summed E-state index contributed by atoms with van der Waals surface area (Å²) in [7, 11) is 3.34. The van der Waals surface area contributed by atoms with Crippen LogP contribution in [-0.4, -0.2) is 19.2 Å². The SMILES string of the molecule is COc1ccc(C(OCc2ccc(-c3cccc(OCc4cccc(C)c4)c3)nc2)(c2ccccc2)c2ccc(OC)cc2)cc1. The summed E-state index contributed by atoms with van der Waals surface area (Å²) in [4.78, 5) is 4.82. The molecule has 6 rings (SSSR count). The van der Waals surface area contributed by atoms with Gasteiger partial charge in [-0.2, -0.15) is 0 Å². The van der Waals surface area contributed by atoms with Crippen molar-refractivity contribution in [3.05, 3.63) is 179 Å². The first-order valence-electron chi connectivity index (χ1n) is 15.3. The lowest BCUT2D eigenvalue weighted by atomic mass is 9.80. The summed E-state index contributed by atoms with van der Waals surface area (Å²) in [6.45, 7) is 2.94. The molecule has 5 heteroatoms. The van der Waals surface area contributed by atoms with Crippen LogP contribution in [0.1, 0.15) is 33.4 Å². The number of hydrogen-bond donors (Lipinski definition) is 0. The zero-order chi connectivity index (χ0) is 31.8. The Morgan fingerprint density at radius 3 is 1.80 bits per heavy atom. The Balaban J connectivity index is 1.27. The number of aromatic nitrogens is 1. The number of ether oxygens (including phenoxy) is 4. The van der Waals surface area contributed by atoms with Crippen LogP contribution in [0.25, 0.3) is 11.3 Å². The molecule has 0 aliphatic heterocycles. The molecule has 1 aromatic heterocycles. The van der Waals surface area contributed by atoms with Gasteiger partial charge in [0.15, 0.2) is 0 Å². The molecule has 1 heterocycles. The Morgan fingerprint density at radius 2 is 1.20 bits per heavy atom. The van der Waals surface area contributed by atoms with Crippen LogP contribution in [0.4, 0.5) is 0 Å². The Kier molecular flexibility index (Phi) is 9.42. The topological polar surface area (TPSA) is 49.8 Å². The number of nitrogens with zero attached hydrogens (tertiary/aromatic N) is 1. The molecule has 0 aliphatic carbocycles. The van der Waals surface area contributed by atoms with E-state index < -0.39 is 5.60 Å². The van der Waals surface area contributed by atoms with E-state index in [1.54, 1.807) is 14.2 Å². The van der Waals surface area contributed by atoms with E-state index in [2.05, 4.69) is 73.7 Å². The molecular formula is C41H37NO4. The third-order valence-electron chi connectivity index (χ3n) is 8.07. The molecule has 0 amide bonds. The van der Waals surface area contributed by atoms with Crippen LogP contribution in [-0.2, 0) is 23.6 Å². The first-order chi connectivity index (χ1) is 22.6. The van der Waals surface area contributed by atoms with Gasteiger partial charge < -0.3 is 18.9 Å². The quantitative estimate of drug-likeness (QED) is 0.130. The number of hydrogen-bond acceptors (Lipinski definition) is 5. The predicted octanol–water partition coefficient (Wildman–Crippen LogP) is 9.16. The summed E-state index contributed by atoms with van der Waals surface area (Å²) in [5, 5.41) is 0. The number of pyridine rings is 1. The third-order valence-corrected chi connectivity index (χ3v) is 8.07. The zero-order valence-corrected chi connectivity index (χ0v) is 26.4. The summed E-state index contributed by atoms with van der Waals surface area (Å²) >= 11 is 0. The molecule has 0 fully saturated rings. The molecule has 0 spiro atoms. The second-order valence-corrected chi connectivity index (χ2v) is 11.2. The molecule has 5 aromatic carbocycles. The van der Waals surface area contributed by atoms with Gasteiger partial charge in [-0.15, -0.1) is 0 Å². The van der Waals surface area contributed by atoms with Crippen LogP contribution < -0.4 is 14.2 Å². The summed E-state index contributed by atoms with van der Waals surface area (Å²) in [5.74, 6) is 2.37. The maximum Gasteiger partial charge on any atom is 0.144 e. The summed E-state index contributed by atoms with van der Waals surface area (Å²) in [5.41, 5.74) is 7.25. The molecule has 230 valence electrons. The Labute approximate surface area is 271 Å². The first-order valence-corrected chi connectivity index (χ1v) is 15.3. The molecule has 0 N–H and O–H groups in total. The van der Waals surface area contributed by atoms with Gasteiger partial charge in [-0.1, -0.05) is 103 Å². The van der Waals surface area contributed by atoms with Gasteiger partial charge in [0.1, 0.15) is 29.5 Å². The fraction of sp³-hybridized carbons (Fsp3) is 0.146. The fourth-order valence-electron chi connectivity index (χ4n) is 5.66. The van der Waals surface area contributed by atoms with Crippen LogP contribution >= 0.6 is 0 Å². The van der Waals surface area contributed by atoms with Gasteiger partial charge in [0.2, 0.25) is 0 Å². The van der Waals surface area contributed by atoms with Crippen molar-refractivity contribution in [3.63, 3.8) is 0 Å². The summed E-state index contributed by atoms with van der Waals surface area (Å²) < 4.78 is 24.1. The summed E-state index contributed by atoms with van der Waals surface area (Å²) in [6.07, 6.45) is 1.88. The highest BCUT2D eigenvalue weighted by atomic mass is 16.5. The highest BCUT2D eigenvalue weighted by Gasteiger charge is 2.38. The molecular weight excluding hydrogens is 570 g/mol. The maximum absolute atomic E-state index is 7.03. The number of aryl methyl sites for hydroxylation is 1. The molecule has 0 aliphatic rings. The summed E-state index contributed by atoms with van der Waals surface area (Å²) in [6, 6.07) is 46.9. The second-order valence-electron chi connectivity index (χ2n) is 11.2. The maximum atomic E-state index is 7.03. The van der Waals surface area contributed by atoms with Crippen molar-refractivity contribution < 1.29 is 18.9 Å². The van der Waals surface area contributed by atoms with Gasteiger partial charge in [0, 0.05) is 11.8 Å². The number of rotatable bonds is 12. The molecule has 46 heavy (non-hydrogen) atoms. The lowest BCUT2D eigenvalue weighted by Crippen LogP contribution is -2.32. The van der Waals surface area contributed by atoms with Crippen molar-refractivity contribution in [2.24, 2.45) is 0 Å². The lowest BCUT2D eigenvalue weighted by molar-refractivity contribution is 0.0000784. The second kappa shape index (κ2) is 14.1. The fourth-order valence-corrected chi connectivity index (χ4v) is 5.66. The van der Waals surface area contributed by atoms with Crippen molar-refractivity contribution in [3.8, 4) is 28.5 Å². The van der Waals surface area contributed by atoms with Gasteiger partial charge in [-0.3, -0.25) is 4.98 Å². The Bertz CT molecular complexity index is 1800. The van der Waals surface area contributed by atoms with Crippen molar-refractivity contribution >= 4 is 0 Å². The van der Waals surface area contributed by atoms with Gasteiger partial charge >= 0.3 is 0 Å². The van der Waals surface area contributed by atoms with Crippen molar-refractivity contribution in [1.29, 1.82) is 0 Å². The number of methoxy groups -OCH3 is 2. The minimum atomic E-state index is -0.901. The van der Waals surface area contributed by atoms with Crippen LogP contribution in [0.2, 0.25) is 0 Å². The molecule has 0 bridgehead atoms. The molecule has 0 unspecified atom stereocenters.